The Hall–Kier alpha value is -1.19. The summed E-state index contributed by atoms with van der Waals surface area (Å²) in [7, 11) is 0. The van der Waals surface area contributed by atoms with Crippen LogP contribution in [0.2, 0.25) is 0 Å². The number of rotatable bonds is 4. The number of halogens is 1. The van der Waals surface area contributed by atoms with Crippen LogP contribution in [0.5, 0.6) is 0 Å². The molecule has 0 saturated heterocycles. The zero-order valence-corrected chi connectivity index (χ0v) is 8.79. The van der Waals surface area contributed by atoms with Crippen LogP contribution in [0.15, 0.2) is 12.4 Å². The van der Waals surface area contributed by atoms with Crippen LogP contribution in [-0.2, 0) is 0 Å². The van der Waals surface area contributed by atoms with Crippen LogP contribution in [0.1, 0.15) is 27.2 Å². The van der Waals surface area contributed by atoms with E-state index in [9.17, 15) is 4.39 Å². The van der Waals surface area contributed by atoms with Gasteiger partial charge in [0, 0.05) is 6.04 Å². The molecule has 0 aromatic carbocycles. The van der Waals surface area contributed by atoms with Crippen molar-refractivity contribution in [3.8, 4) is 0 Å². The zero-order valence-electron chi connectivity index (χ0n) is 8.79. The highest BCUT2D eigenvalue weighted by Gasteiger charge is 2.11. The molecule has 0 fully saturated rings. The fourth-order valence-corrected chi connectivity index (χ4v) is 1.29. The highest BCUT2D eigenvalue weighted by molar-refractivity contribution is 5.24. The van der Waals surface area contributed by atoms with Gasteiger partial charge in [0.25, 0.3) is 0 Å². The molecule has 1 unspecified atom stereocenters. The second-order valence-corrected chi connectivity index (χ2v) is 3.63. The van der Waals surface area contributed by atoms with Gasteiger partial charge in [-0.15, -0.1) is 0 Å². The summed E-state index contributed by atoms with van der Waals surface area (Å²) in [5.74, 6) is 0.591. The van der Waals surface area contributed by atoms with Crippen LogP contribution >= 0.6 is 0 Å². The van der Waals surface area contributed by atoms with E-state index < -0.39 is 5.82 Å². The van der Waals surface area contributed by atoms with Crippen molar-refractivity contribution in [2.75, 3.05) is 5.32 Å². The minimum absolute atomic E-state index is 0.334. The molecular formula is C10H16FN3. The van der Waals surface area contributed by atoms with Crippen LogP contribution < -0.4 is 5.32 Å². The third-order valence-electron chi connectivity index (χ3n) is 2.18. The maximum Gasteiger partial charge on any atom is 0.223 e. The summed E-state index contributed by atoms with van der Waals surface area (Å²) in [4.78, 5) is 7.70. The average Bonchev–Trinajstić information content (AvgIpc) is 2.16. The average molecular weight is 197 g/mol. The van der Waals surface area contributed by atoms with Gasteiger partial charge in [-0.1, -0.05) is 20.8 Å². The second-order valence-electron chi connectivity index (χ2n) is 3.63. The van der Waals surface area contributed by atoms with Crippen LogP contribution in [-0.4, -0.2) is 16.0 Å². The van der Waals surface area contributed by atoms with Crippen molar-refractivity contribution in [1.29, 1.82) is 0 Å². The van der Waals surface area contributed by atoms with Crippen molar-refractivity contribution in [3.05, 3.63) is 18.2 Å². The molecule has 0 aliphatic carbocycles. The number of hydrogen-bond donors (Lipinski definition) is 1. The fraction of sp³-hybridized carbons (Fsp3) is 0.600. The lowest BCUT2D eigenvalue weighted by Crippen LogP contribution is -2.25. The van der Waals surface area contributed by atoms with E-state index in [0.717, 1.165) is 6.42 Å². The molecule has 0 spiro atoms. The fourth-order valence-electron chi connectivity index (χ4n) is 1.29. The lowest BCUT2D eigenvalue weighted by molar-refractivity contribution is 0.507. The summed E-state index contributed by atoms with van der Waals surface area (Å²) in [5.41, 5.74) is 0. The Balaban J connectivity index is 2.63. The molecule has 1 N–H and O–H groups in total. The van der Waals surface area contributed by atoms with Crippen molar-refractivity contribution in [2.45, 2.75) is 33.2 Å². The van der Waals surface area contributed by atoms with Gasteiger partial charge in [-0.05, 0) is 12.3 Å². The Morgan fingerprint density at radius 1 is 1.36 bits per heavy atom. The maximum absolute atomic E-state index is 12.5. The Labute approximate surface area is 83.8 Å². The molecule has 0 saturated carbocycles. The number of nitrogens with zero attached hydrogens (tertiary/aromatic N) is 2. The molecule has 4 heteroatoms. The van der Waals surface area contributed by atoms with Crippen molar-refractivity contribution < 1.29 is 4.39 Å². The summed E-state index contributed by atoms with van der Waals surface area (Å²) in [6.07, 6.45) is 3.34. The molecule has 78 valence electrons. The van der Waals surface area contributed by atoms with Crippen molar-refractivity contribution in [1.82, 2.24) is 9.97 Å². The number of nitrogens with one attached hydrogen (secondary N) is 1. The largest absolute Gasteiger partial charge is 0.351 e. The van der Waals surface area contributed by atoms with E-state index in [1.165, 1.54) is 12.4 Å². The maximum atomic E-state index is 12.5. The van der Waals surface area contributed by atoms with Gasteiger partial charge in [0.15, 0.2) is 5.82 Å². The Bertz CT molecular complexity index is 271. The van der Waals surface area contributed by atoms with Gasteiger partial charge in [-0.2, -0.15) is 0 Å². The second kappa shape index (κ2) is 4.88. The molecule has 1 aromatic heterocycles. The van der Waals surface area contributed by atoms with Gasteiger partial charge in [0.1, 0.15) is 0 Å². The van der Waals surface area contributed by atoms with E-state index in [1.54, 1.807) is 0 Å². The summed E-state index contributed by atoms with van der Waals surface area (Å²) in [5, 5.41) is 3.17. The quantitative estimate of drug-likeness (QED) is 0.805. The van der Waals surface area contributed by atoms with Crippen molar-refractivity contribution in [2.24, 2.45) is 5.92 Å². The van der Waals surface area contributed by atoms with Gasteiger partial charge >= 0.3 is 0 Å². The number of hydrogen-bond acceptors (Lipinski definition) is 3. The number of anilines is 1. The molecule has 1 aromatic rings. The third kappa shape index (κ3) is 2.94. The third-order valence-corrected chi connectivity index (χ3v) is 2.18. The van der Waals surface area contributed by atoms with Crippen LogP contribution in [0, 0.1) is 11.7 Å². The molecule has 1 atom stereocenters. The Morgan fingerprint density at radius 2 is 1.93 bits per heavy atom. The van der Waals surface area contributed by atoms with E-state index in [2.05, 4.69) is 36.1 Å². The van der Waals surface area contributed by atoms with Gasteiger partial charge in [-0.3, -0.25) is 0 Å². The standard InChI is InChI=1S/C10H16FN3/c1-4-9(7(2)3)14-10-12-5-8(11)6-13-10/h5-7,9H,4H2,1-3H3,(H,12,13,14). The molecule has 3 nitrogen and oxygen atoms in total. The first-order valence-electron chi connectivity index (χ1n) is 4.87. The highest BCUT2D eigenvalue weighted by atomic mass is 19.1. The Morgan fingerprint density at radius 3 is 2.36 bits per heavy atom. The zero-order chi connectivity index (χ0) is 10.6. The molecule has 1 heterocycles. The monoisotopic (exact) mass is 197 g/mol. The van der Waals surface area contributed by atoms with E-state index in [0.29, 0.717) is 17.9 Å². The predicted octanol–water partition coefficient (Wildman–Crippen LogP) is 2.46. The van der Waals surface area contributed by atoms with Crippen LogP contribution in [0.25, 0.3) is 0 Å². The molecule has 0 radical (unpaired) electrons. The smallest absolute Gasteiger partial charge is 0.223 e. The lowest BCUT2D eigenvalue weighted by Gasteiger charge is -2.20. The lowest BCUT2D eigenvalue weighted by atomic mass is 10.0. The molecular weight excluding hydrogens is 181 g/mol. The topological polar surface area (TPSA) is 37.8 Å². The minimum atomic E-state index is -0.409. The van der Waals surface area contributed by atoms with E-state index in [1.807, 2.05) is 0 Å². The van der Waals surface area contributed by atoms with E-state index in [4.69, 9.17) is 0 Å². The Kier molecular flexibility index (Phi) is 3.80. The molecule has 0 aliphatic heterocycles. The van der Waals surface area contributed by atoms with Crippen LogP contribution in [0.3, 0.4) is 0 Å². The van der Waals surface area contributed by atoms with Crippen LogP contribution in [0.4, 0.5) is 10.3 Å². The summed E-state index contributed by atoms with van der Waals surface area (Å²) in [6.45, 7) is 6.36. The van der Waals surface area contributed by atoms with Crippen molar-refractivity contribution in [3.63, 3.8) is 0 Å². The highest BCUT2D eigenvalue weighted by Crippen LogP contribution is 2.10. The normalized spacial score (nSPS) is 12.9. The summed E-state index contributed by atoms with van der Waals surface area (Å²) >= 11 is 0. The number of aromatic nitrogens is 2. The van der Waals surface area contributed by atoms with Crippen molar-refractivity contribution >= 4 is 5.95 Å². The van der Waals surface area contributed by atoms with E-state index >= 15 is 0 Å². The summed E-state index contributed by atoms with van der Waals surface area (Å²) < 4.78 is 12.5. The SMILES string of the molecule is CCC(Nc1ncc(F)cn1)C(C)C. The first-order valence-corrected chi connectivity index (χ1v) is 4.87. The van der Waals surface area contributed by atoms with Gasteiger partial charge in [0.2, 0.25) is 5.95 Å². The summed E-state index contributed by atoms with van der Waals surface area (Å²) in [6, 6.07) is 0.334. The predicted molar refractivity (Wildman–Crippen MR) is 54.5 cm³/mol. The molecule has 1 rings (SSSR count). The van der Waals surface area contributed by atoms with E-state index in [-0.39, 0.29) is 0 Å². The molecule has 14 heavy (non-hydrogen) atoms. The molecule has 0 bridgehead atoms. The van der Waals surface area contributed by atoms with Gasteiger partial charge in [-0.25, -0.2) is 14.4 Å². The van der Waals surface area contributed by atoms with Gasteiger partial charge in [0.05, 0.1) is 12.4 Å². The first-order chi connectivity index (χ1) is 6.63. The van der Waals surface area contributed by atoms with Gasteiger partial charge < -0.3 is 5.32 Å². The molecule has 0 amide bonds. The minimum Gasteiger partial charge on any atom is -0.351 e. The first kappa shape index (κ1) is 10.9. The molecule has 0 aliphatic rings.